The topological polar surface area (TPSA) is 24.9 Å². The third-order valence-electron chi connectivity index (χ3n) is 2.85. The Morgan fingerprint density at radius 1 is 1.06 bits per heavy atom. The molecule has 0 saturated carbocycles. The maximum atomic E-state index is 4.45. The lowest BCUT2D eigenvalue weighted by Crippen LogP contribution is -2.09. The van der Waals surface area contributed by atoms with Crippen molar-refractivity contribution in [1.29, 1.82) is 0 Å². The average Bonchev–Trinajstić information content (AvgIpc) is 2.26. The van der Waals surface area contributed by atoms with Crippen molar-refractivity contribution >= 4 is 16.6 Å². The molecule has 1 aromatic carbocycles. The minimum absolute atomic E-state index is 0.445. The molecule has 0 aliphatic rings. The van der Waals surface area contributed by atoms with Gasteiger partial charge in [0.15, 0.2) is 0 Å². The standard InChI is InChI=1S/C15H20N2/c1-10(2)13-7-8-16-15-9-12(17-11(3)4)5-6-14(13)15/h5-11,17H,1-4H3. The maximum absolute atomic E-state index is 4.45. The Morgan fingerprint density at radius 3 is 2.47 bits per heavy atom. The molecular weight excluding hydrogens is 208 g/mol. The summed E-state index contributed by atoms with van der Waals surface area (Å²) in [6.07, 6.45) is 1.90. The van der Waals surface area contributed by atoms with Gasteiger partial charge in [0.2, 0.25) is 0 Å². The first-order valence-electron chi connectivity index (χ1n) is 6.23. The number of rotatable bonds is 3. The van der Waals surface area contributed by atoms with Crippen molar-refractivity contribution in [3.63, 3.8) is 0 Å². The van der Waals surface area contributed by atoms with Crippen molar-refractivity contribution in [2.24, 2.45) is 0 Å². The van der Waals surface area contributed by atoms with Crippen LogP contribution in [0, 0.1) is 0 Å². The van der Waals surface area contributed by atoms with Gasteiger partial charge in [-0.2, -0.15) is 0 Å². The number of nitrogens with zero attached hydrogens (tertiary/aromatic N) is 1. The number of benzene rings is 1. The van der Waals surface area contributed by atoms with Crippen LogP contribution >= 0.6 is 0 Å². The second kappa shape index (κ2) is 4.74. The van der Waals surface area contributed by atoms with E-state index in [1.54, 1.807) is 0 Å². The lowest BCUT2D eigenvalue weighted by Gasteiger charge is -2.13. The molecule has 2 aromatic rings. The van der Waals surface area contributed by atoms with Gasteiger partial charge in [-0.25, -0.2) is 0 Å². The van der Waals surface area contributed by atoms with E-state index >= 15 is 0 Å². The molecule has 2 nitrogen and oxygen atoms in total. The number of fused-ring (bicyclic) bond motifs is 1. The van der Waals surface area contributed by atoms with E-state index in [-0.39, 0.29) is 0 Å². The number of anilines is 1. The van der Waals surface area contributed by atoms with Crippen LogP contribution in [0.5, 0.6) is 0 Å². The summed E-state index contributed by atoms with van der Waals surface area (Å²) in [7, 11) is 0. The summed E-state index contributed by atoms with van der Waals surface area (Å²) in [6.45, 7) is 8.72. The minimum Gasteiger partial charge on any atom is -0.383 e. The highest BCUT2D eigenvalue weighted by Crippen LogP contribution is 2.26. The molecule has 0 bridgehead atoms. The number of nitrogens with one attached hydrogen (secondary N) is 1. The van der Waals surface area contributed by atoms with Crippen molar-refractivity contribution in [2.45, 2.75) is 39.7 Å². The van der Waals surface area contributed by atoms with Crippen molar-refractivity contribution in [3.05, 3.63) is 36.0 Å². The normalized spacial score (nSPS) is 11.4. The fourth-order valence-corrected chi connectivity index (χ4v) is 2.10. The first-order chi connectivity index (χ1) is 8.08. The Kier molecular flexibility index (Phi) is 3.32. The molecule has 0 radical (unpaired) electrons. The van der Waals surface area contributed by atoms with Crippen LogP contribution in [0.1, 0.15) is 39.2 Å². The lowest BCUT2D eigenvalue weighted by atomic mass is 9.99. The molecule has 0 aliphatic heterocycles. The summed E-state index contributed by atoms with van der Waals surface area (Å²) in [5.74, 6) is 0.532. The second-order valence-corrected chi connectivity index (χ2v) is 5.09. The molecule has 0 fully saturated rings. The van der Waals surface area contributed by atoms with Crippen LogP contribution in [-0.4, -0.2) is 11.0 Å². The van der Waals surface area contributed by atoms with E-state index in [9.17, 15) is 0 Å². The molecule has 0 aliphatic carbocycles. The molecule has 2 rings (SSSR count). The van der Waals surface area contributed by atoms with E-state index in [1.165, 1.54) is 10.9 Å². The first-order valence-corrected chi connectivity index (χ1v) is 6.23. The van der Waals surface area contributed by atoms with Crippen molar-refractivity contribution < 1.29 is 0 Å². The Labute approximate surface area is 103 Å². The van der Waals surface area contributed by atoms with Gasteiger partial charge in [0.05, 0.1) is 5.52 Å². The summed E-state index contributed by atoms with van der Waals surface area (Å²) in [5.41, 5.74) is 3.58. The smallest absolute Gasteiger partial charge is 0.0725 e. The largest absolute Gasteiger partial charge is 0.383 e. The summed E-state index contributed by atoms with van der Waals surface area (Å²) in [4.78, 5) is 4.45. The molecular formula is C15H20N2. The molecule has 2 heteroatoms. The predicted octanol–water partition coefficient (Wildman–Crippen LogP) is 4.18. The Morgan fingerprint density at radius 2 is 1.82 bits per heavy atom. The summed E-state index contributed by atoms with van der Waals surface area (Å²) in [6, 6.07) is 8.99. The third-order valence-corrected chi connectivity index (χ3v) is 2.85. The third kappa shape index (κ3) is 2.57. The van der Waals surface area contributed by atoms with Crippen LogP contribution in [0.4, 0.5) is 5.69 Å². The monoisotopic (exact) mass is 228 g/mol. The van der Waals surface area contributed by atoms with E-state index in [2.05, 4.69) is 62.3 Å². The summed E-state index contributed by atoms with van der Waals surface area (Å²) < 4.78 is 0. The van der Waals surface area contributed by atoms with Gasteiger partial charge in [-0.05, 0) is 43.5 Å². The average molecular weight is 228 g/mol. The van der Waals surface area contributed by atoms with Crippen LogP contribution in [-0.2, 0) is 0 Å². The van der Waals surface area contributed by atoms with Crippen LogP contribution in [0.25, 0.3) is 10.9 Å². The zero-order valence-corrected chi connectivity index (χ0v) is 11.0. The molecule has 90 valence electrons. The molecule has 1 N–H and O–H groups in total. The maximum Gasteiger partial charge on any atom is 0.0725 e. The van der Waals surface area contributed by atoms with Gasteiger partial charge in [0, 0.05) is 23.3 Å². The molecule has 17 heavy (non-hydrogen) atoms. The van der Waals surface area contributed by atoms with Crippen molar-refractivity contribution in [1.82, 2.24) is 4.98 Å². The molecule has 0 atom stereocenters. The summed E-state index contributed by atoms with van der Waals surface area (Å²) in [5, 5.41) is 4.67. The van der Waals surface area contributed by atoms with E-state index in [4.69, 9.17) is 0 Å². The Bertz CT molecular complexity index is 515. The van der Waals surface area contributed by atoms with Gasteiger partial charge in [-0.3, -0.25) is 4.98 Å². The first kappa shape index (κ1) is 11.9. The molecule has 0 amide bonds. The molecule has 0 unspecified atom stereocenters. The minimum atomic E-state index is 0.445. The van der Waals surface area contributed by atoms with Gasteiger partial charge in [0.1, 0.15) is 0 Å². The quantitative estimate of drug-likeness (QED) is 0.852. The number of hydrogen-bond donors (Lipinski definition) is 1. The molecule has 0 saturated heterocycles. The van der Waals surface area contributed by atoms with Crippen molar-refractivity contribution in [2.75, 3.05) is 5.32 Å². The number of pyridine rings is 1. The van der Waals surface area contributed by atoms with Gasteiger partial charge in [-0.1, -0.05) is 19.9 Å². The fraction of sp³-hybridized carbons (Fsp3) is 0.400. The van der Waals surface area contributed by atoms with Gasteiger partial charge < -0.3 is 5.32 Å². The van der Waals surface area contributed by atoms with Crippen LogP contribution in [0.15, 0.2) is 30.5 Å². The predicted molar refractivity (Wildman–Crippen MR) is 74.6 cm³/mol. The van der Waals surface area contributed by atoms with Crippen LogP contribution in [0.2, 0.25) is 0 Å². The van der Waals surface area contributed by atoms with Crippen molar-refractivity contribution in [3.8, 4) is 0 Å². The van der Waals surface area contributed by atoms with Gasteiger partial charge >= 0.3 is 0 Å². The van der Waals surface area contributed by atoms with E-state index in [0.29, 0.717) is 12.0 Å². The SMILES string of the molecule is CC(C)Nc1ccc2c(C(C)C)ccnc2c1. The van der Waals surface area contributed by atoms with E-state index in [0.717, 1.165) is 11.2 Å². The Hall–Kier alpha value is -1.57. The van der Waals surface area contributed by atoms with E-state index < -0.39 is 0 Å². The zero-order valence-electron chi connectivity index (χ0n) is 11.0. The highest BCUT2D eigenvalue weighted by atomic mass is 14.9. The number of aromatic nitrogens is 1. The second-order valence-electron chi connectivity index (χ2n) is 5.09. The molecule has 1 aromatic heterocycles. The van der Waals surface area contributed by atoms with Gasteiger partial charge in [0.25, 0.3) is 0 Å². The Balaban J connectivity index is 2.49. The molecule has 1 heterocycles. The van der Waals surface area contributed by atoms with E-state index in [1.807, 2.05) is 6.20 Å². The molecule has 0 spiro atoms. The highest BCUT2D eigenvalue weighted by Gasteiger charge is 2.06. The lowest BCUT2D eigenvalue weighted by molar-refractivity contribution is 0.874. The van der Waals surface area contributed by atoms with Crippen LogP contribution < -0.4 is 5.32 Å². The highest BCUT2D eigenvalue weighted by molar-refractivity contribution is 5.85. The zero-order chi connectivity index (χ0) is 12.4. The van der Waals surface area contributed by atoms with Crippen LogP contribution in [0.3, 0.4) is 0 Å². The number of hydrogen-bond acceptors (Lipinski definition) is 2. The fourth-order valence-electron chi connectivity index (χ4n) is 2.10. The van der Waals surface area contributed by atoms with Gasteiger partial charge in [-0.15, -0.1) is 0 Å². The summed E-state index contributed by atoms with van der Waals surface area (Å²) >= 11 is 0.